The van der Waals surface area contributed by atoms with E-state index in [4.69, 9.17) is 5.11 Å². The van der Waals surface area contributed by atoms with Crippen molar-refractivity contribution < 1.29 is 37.5 Å². The van der Waals surface area contributed by atoms with Gasteiger partial charge in [-0.3, -0.25) is 9.36 Å². The molecule has 0 saturated carbocycles. The van der Waals surface area contributed by atoms with Crippen molar-refractivity contribution in [2.45, 2.75) is 25.0 Å². The molecule has 0 aromatic heterocycles. The maximum Gasteiger partial charge on any atom is 0.303 e. The van der Waals surface area contributed by atoms with Crippen LogP contribution >= 0.6 is 7.37 Å². The number of carboxylic acid groups (broad SMARTS) is 1. The summed E-state index contributed by atoms with van der Waals surface area (Å²) in [6.45, 7) is 0. The van der Waals surface area contributed by atoms with Gasteiger partial charge in [-0.15, -0.1) is 0 Å². The molecule has 5 N–H and O–H groups in total. The average Bonchev–Trinajstić information content (AvgIpc) is 2.34. The topological polar surface area (TPSA) is 102 Å². The Morgan fingerprint density at radius 1 is 1.32 bits per heavy atom. The summed E-state index contributed by atoms with van der Waals surface area (Å²) in [6, 6.07) is 9.44. The number of hydrogen-bond acceptors (Lipinski definition) is 2. The minimum absolute atomic E-state index is 0. The van der Waals surface area contributed by atoms with Gasteiger partial charge in [0.25, 0.3) is 7.37 Å². The standard InChI is InChI=1S/C12H18NO4P.ClH/c13-11(6-7-12(14)15)18(16,17)9-8-10-4-2-1-3-5-10;/h1-5,11H,6-9,13H2,(H,14,15)(H,16,17);1H/t11-;/m0./s1. The van der Waals surface area contributed by atoms with Crippen LogP contribution in [0.5, 0.6) is 0 Å². The minimum Gasteiger partial charge on any atom is -1.00 e. The molecule has 19 heavy (non-hydrogen) atoms. The molecule has 0 saturated heterocycles. The lowest BCUT2D eigenvalue weighted by Crippen LogP contribution is -3.00. The molecule has 0 aliphatic rings. The molecule has 1 rings (SSSR count). The van der Waals surface area contributed by atoms with E-state index in [1.165, 1.54) is 0 Å². The molecule has 0 fully saturated rings. The Kier molecular flexibility index (Phi) is 7.95. The molecule has 108 valence electrons. The molecule has 1 aromatic rings. The predicted octanol–water partition coefficient (Wildman–Crippen LogP) is -2.06. The van der Waals surface area contributed by atoms with E-state index in [2.05, 4.69) is 5.73 Å². The van der Waals surface area contributed by atoms with Gasteiger partial charge >= 0.3 is 5.97 Å². The maximum absolute atomic E-state index is 12.0. The summed E-state index contributed by atoms with van der Waals surface area (Å²) in [4.78, 5) is 20.3. The van der Waals surface area contributed by atoms with Crippen LogP contribution in [0, 0.1) is 0 Å². The van der Waals surface area contributed by atoms with E-state index in [1.807, 2.05) is 30.3 Å². The van der Waals surface area contributed by atoms with Crippen molar-refractivity contribution in [1.29, 1.82) is 0 Å². The summed E-state index contributed by atoms with van der Waals surface area (Å²) < 4.78 is 12.0. The van der Waals surface area contributed by atoms with Crippen molar-refractivity contribution in [2.75, 3.05) is 6.16 Å². The van der Waals surface area contributed by atoms with Crippen molar-refractivity contribution >= 4 is 13.3 Å². The Labute approximate surface area is 118 Å². The van der Waals surface area contributed by atoms with Gasteiger partial charge in [-0.1, -0.05) is 30.3 Å². The SMILES string of the molecule is [Cl-].[NH3+][C@H](CCC(=O)O)P(=O)(O)CCc1ccccc1. The molecular formula is C12H19ClNO4P. The zero-order valence-corrected chi connectivity index (χ0v) is 12.2. The number of rotatable bonds is 7. The van der Waals surface area contributed by atoms with Crippen LogP contribution in [0.4, 0.5) is 0 Å². The van der Waals surface area contributed by atoms with Crippen LogP contribution in [-0.2, 0) is 15.8 Å². The van der Waals surface area contributed by atoms with E-state index in [0.29, 0.717) is 6.42 Å². The van der Waals surface area contributed by atoms with Gasteiger partial charge in [-0.2, -0.15) is 0 Å². The molecule has 0 spiro atoms. The largest absolute Gasteiger partial charge is 1.00 e. The summed E-state index contributed by atoms with van der Waals surface area (Å²) in [5.41, 5.74) is 4.61. The van der Waals surface area contributed by atoms with Crippen LogP contribution in [-0.4, -0.2) is 27.9 Å². The molecule has 5 nitrogen and oxygen atoms in total. The molecule has 0 bridgehead atoms. The van der Waals surface area contributed by atoms with Gasteiger partial charge in [0.1, 0.15) is 0 Å². The number of carbonyl (C=O) groups is 1. The van der Waals surface area contributed by atoms with E-state index in [-0.39, 0.29) is 31.4 Å². The second kappa shape index (κ2) is 8.33. The molecule has 0 aliphatic heterocycles. The third-order valence-corrected chi connectivity index (χ3v) is 5.09. The van der Waals surface area contributed by atoms with Gasteiger partial charge in [-0.25, -0.2) is 0 Å². The molecular weight excluding hydrogens is 289 g/mol. The number of carboxylic acids is 1. The van der Waals surface area contributed by atoms with Crippen LogP contribution in [0.15, 0.2) is 30.3 Å². The fraction of sp³-hybridized carbons (Fsp3) is 0.417. The molecule has 0 radical (unpaired) electrons. The van der Waals surface area contributed by atoms with Gasteiger partial charge in [0, 0.05) is 12.6 Å². The smallest absolute Gasteiger partial charge is 0.303 e. The van der Waals surface area contributed by atoms with Crippen molar-refractivity contribution in [2.24, 2.45) is 0 Å². The summed E-state index contributed by atoms with van der Waals surface area (Å²) in [5.74, 6) is -1.68. The monoisotopic (exact) mass is 307 g/mol. The van der Waals surface area contributed by atoms with Crippen LogP contribution < -0.4 is 18.1 Å². The highest BCUT2D eigenvalue weighted by atomic mass is 35.5. The first-order valence-electron chi connectivity index (χ1n) is 5.82. The fourth-order valence-electron chi connectivity index (χ4n) is 1.61. The van der Waals surface area contributed by atoms with Gasteiger partial charge in [0.05, 0.1) is 6.42 Å². The molecule has 1 unspecified atom stereocenters. The van der Waals surface area contributed by atoms with Crippen molar-refractivity contribution in [1.82, 2.24) is 0 Å². The van der Waals surface area contributed by atoms with E-state index >= 15 is 0 Å². The summed E-state index contributed by atoms with van der Waals surface area (Å²) in [6.07, 6.45) is 0.667. The second-order valence-corrected chi connectivity index (χ2v) is 6.99. The van der Waals surface area contributed by atoms with Crippen LogP contribution in [0.1, 0.15) is 18.4 Å². The normalized spacial score (nSPS) is 15.1. The summed E-state index contributed by atoms with van der Waals surface area (Å²) in [5, 5.41) is 8.54. The highest BCUT2D eigenvalue weighted by Crippen LogP contribution is 2.44. The lowest BCUT2D eigenvalue weighted by atomic mass is 10.2. The first kappa shape index (κ1) is 18.1. The number of halogens is 1. The average molecular weight is 308 g/mol. The molecule has 0 amide bonds. The lowest BCUT2D eigenvalue weighted by Gasteiger charge is -2.15. The summed E-state index contributed by atoms with van der Waals surface area (Å²) in [7, 11) is -3.38. The van der Waals surface area contributed by atoms with E-state index in [9.17, 15) is 14.3 Å². The van der Waals surface area contributed by atoms with Gasteiger partial charge < -0.3 is 28.1 Å². The van der Waals surface area contributed by atoms with Gasteiger partial charge in [-0.05, 0) is 12.0 Å². The van der Waals surface area contributed by atoms with Gasteiger partial charge in [0.15, 0.2) is 5.78 Å². The maximum atomic E-state index is 12.0. The Morgan fingerprint density at radius 2 is 1.89 bits per heavy atom. The van der Waals surface area contributed by atoms with Crippen molar-refractivity contribution in [3.8, 4) is 0 Å². The number of quaternary nitrogens is 1. The third kappa shape index (κ3) is 6.73. The van der Waals surface area contributed by atoms with E-state index in [1.54, 1.807) is 0 Å². The Hall–Kier alpha value is -0.870. The van der Waals surface area contributed by atoms with Crippen molar-refractivity contribution in [3.63, 3.8) is 0 Å². The van der Waals surface area contributed by atoms with E-state index < -0.39 is 19.1 Å². The molecule has 2 atom stereocenters. The first-order chi connectivity index (χ1) is 8.42. The van der Waals surface area contributed by atoms with Crippen molar-refractivity contribution in [3.05, 3.63) is 35.9 Å². The van der Waals surface area contributed by atoms with Crippen LogP contribution in [0.2, 0.25) is 0 Å². The zero-order chi connectivity index (χ0) is 13.6. The Morgan fingerprint density at radius 3 is 2.42 bits per heavy atom. The lowest BCUT2D eigenvalue weighted by molar-refractivity contribution is -0.392. The Balaban J connectivity index is 0.00000324. The summed E-state index contributed by atoms with van der Waals surface area (Å²) >= 11 is 0. The number of aliphatic carboxylic acids is 1. The van der Waals surface area contributed by atoms with Crippen LogP contribution in [0.25, 0.3) is 0 Å². The molecule has 1 aromatic carbocycles. The Bertz CT molecular complexity index is 441. The number of aryl methyl sites for hydroxylation is 1. The third-order valence-electron chi connectivity index (χ3n) is 2.83. The van der Waals surface area contributed by atoms with Gasteiger partial charge in [0.2, 0.25) is 0 Å². The van der Waals surface area contributed by atoms with E-state index in [0.717, 1.165) is 5.56 Å². The number of hydrogen-bond donors (Lipinski definition) is 3. The quantitative estimate of drug-likeness (QED) is 0.504. The first-order valence-corrected chi connectivity index (χ1v) is 7.73. The molecule has 0 heterocycles. The number of benzene rings is 1. The zero-order valence-electron chi connectivity index (χ0n) is 10.5. The fourth-order valence-corrected chi connectivity index (χ4v) is 3.08. The highest BCUT2D eigenvalue weighted by molar-refractivity contribution is 7.58. The van der Waals surface area contributed by atoms with Crippen LogP contribution in [0.3, 0.4) is 0 Å². The second-order valence-electron chi connectivity index (χ2n) is 4.30. The predicted molar refractivity (Wildman–Crippen MR) is 68.4 cm³/mol. The highest BCUT2D eigenvalue weighted by Gasteiger charge is 2.30. The molecule has 7 heteroatoms. The molecule has 0 aliphatic carbocycles. The minimum atomic E-state index is -3.38.